The third-order valence-electron chi connectivity index (χ3n) is 8.22. The molecule has 1 fully saturated rings. The molecule has 39 heavy (non-hydrogen) atoms. The van der Waals surface area contributed by atoms with Gasteiger partial charge in [-0.15, -0.1) is 0 Å². The molecule has 2 heterocycles. The lowest BCUT2D eigenvalue weighted by atomic mass is 9.79. The highest BCUT2D eigenvalue weighted by atomic mass is 16.5. The zero-order valence-corrected chi connectivity index (χ0v) is 23.2. The first-order valence-corrected chi connectivity index (χ1v) is 14.1. The maximum Gasteiger partial charge on any atom is 0.303 e. The number of para-hydroxylation sites is 1. The lowest BCUT2D eigenvalue weighted by molar-refractivity contribution is -0.137. The number of carboxylic acid groups (broad SMARTS) is 1. The number of fused-ring (bicyclic) bond motifs is 1. The molecule has 0 spiro atoms. The number of benzene rings is 2. The highest BCUT2D eigenvalue weighted by Crippen LogP contribution is 2.35. The Balaban J connectivity index is 1.32. The topological polar surface area (TPSA) is 92.1 Å². The van der Waals surface area contributed by atoms with E-state index in [-0.39, 0.29) is 6.42 Å². The summed E-state index contributed by atoms with van der Waals surface area (Å²) in [5.41, 5.74) is 2.95. The summed E-state index contributed by atoms with van der Waals surface area (Å²) in [5, 5.41) is 21.4. The Morgan fingerprint density at radius 3 is 2.72 bits per heavy atom. The molecule has 7 heteroatoms. The number of unbranched alkanes of at least 4 members (excludes halogenated alkanes) is 1. The standard InChI is InChI=1S/C32H42N2O5/c1-38-26-12-13-29-28(21-26)27(16-18-33-29)30(35)14-10-23-17-20-34(22-25(23)11-15-32(36)37)19-6-5-8-24-7-3-4-9-31(24)39-2/h3-4,7,9,12-13,16,18,21,23,25,30,35H,5-6,8,10-11,14-15,17,19-20,22H2,1-2H3,(H,36,37)/t23-,25+,30?/m1/s1. The summed E-state index contributed by atoms with van der Waals surface area (Å²) in [6.45, 7) is 2.98. The minimum absolute atomic E-state index is 0.195. The molecule has 3 aromatic rings. The number of aliphatic hydroxyl groups excluding tert-OH is 1. The minimum Gasteiger partial charge on any atom is -0.497 e. The predicted molar refractivity (Wildman–Crippen MR) is 153 cm³/mol. The molecule has 0 amide bonds. The molecule has 1 aliphatic rings. The van der Waals surface area contributed by atoms with Crippen molar-refractivity contribution in [3.8, 4) is 11.5 Å². The van der Waals surface area contributed by atoms with E-state index >= 15 is 0 Å². The molecular formula is C32H42N2O5. The van der Waals surface area contributed by atoms with E-state index in [9.17, 15) is 15.0 Å². The Hall–Kier alpha value is -3.16. The second-order valence-electron chi connectivity index (χ2n) is 10.7. The van der Waals surface area contributed by atoms with Gasteiger partial charge in [0.2, 0.25) is 0 Å². The predicted octanol–water partition coefficient (Wildman–Crippen LogP) is 5.89. The van der Waals surface area contributed by atoms with Crippen LogP contribution >= 0.6 is 0 Å². The summed E-state index contributed by atoms with van der Waals surface area (Å²) >= 11 is 0. The summed E-state index contributed by atoms with van der Waals surface area (Å²) in [6, 6.07) is 15.8. The monoisotopic (exact) mass is 534 g/mol. The van der Waals surface area contributed by atoms with Crippen LogP contribution in [0.3, 0.4) is 0 Å². The van der Waals surface area contributed by atoms with Crippen LogP contribution in [0.2, 0.25) is 0 Å². The van der Waals surface area contributed by atoms with E-state index in [1.165, 1.54) is 5.56 Å². The van der Waals surface area contributed by atoms with Gasteiger partial charge in [-0.1, -0.05) is 18.2 Å². The highest BCUT2D eigenvalue weighted by Gasteiger charge is 2.30. The zero-order valence-electron chi connectivity index (χ0n) is 23.2. The lowest BCUT2D eigenvalue weighted by Crippen LogP contribution is -2.41. The number of carbonyl (C=O) groups is 1. The summed E-state index contributed by atoms with van der Waals surface area (Å²) in [5.74, 6) is 1.69. The van der Waals surface area contributed by atoms with Crippen LogP contribution in [-0.2, 0) is 11.2 Å². The quantitative estimate of drug-likeness (QED) is 0.249. The first-order chi connectivity index (χ1) is 19.0. The van der Waals surface area contributed by atoms with E-state index in [1.807, 2.05) is 36.4 Å². The van der Waals surface area contributed by atoms with Gasteiger partial charge < -0.3 is 24.6 Å². The Labute approximate surface area is 231 Å². The molecule has 2 N–H and O–H groups in total. The van der Waals surface area contributed by atoms with Crippen LogP contribution in [0.5, 0.6) is 11.5 Å². The van der Waals surface area contributed by atoms with Gasteiger partial charge >= 0.3 is 5.97 Å². The van der Waals surface area contributed by atoms with Crippen molar-refractivity contribution in [1.82, 2.24) is 9.88 Å². The molecule has 3 atom stereocenters. The number of aliphatic carboxylic acids is 1. The summed E-state index contributed by atoms with van der Waals surface area (Å²) < 4.78 is 10.9. The highest BCUT2D eigenvalue weighted by molar-refractivity contribution is 5.83. The second-order valence-corrected chi connectivity index (χ2v) is 10.7. The molecule has 4 rings (SSSR count). The molecule has 1 unspecified atom stereocenters. The molecule has 0 saturated carbocycles. The van der Waals surface area contributed by atoms with Crippen LogP contribution in [0.4, 0.5) is 0 Å². The maximum atomic E-state index is 11.4. The number of pyridine rings is 1. The van der Waals surface area contributed by atoms with E-state index in [0.29, 0.717) is 24.7 Å². The molecular weight excluding hydrogens is 492 g/mol. The minimum atomic E-state index is -0.736. The van der Waals surface area contributed by atoms with E-state index in [2.05, 4.69) is 22.0 Å². The molecule has 0 bridgehead atoms. The number of hydrogen-bond donors (Lipinski definition) is 2. The number of aromatic nitrogens is 1. The third-order valence-corrected chi connectivity index (χ3v) is 8.22. The number of likely N-dealkylation sites (tertiary alicyclic amines) is 1. The normalized spacial score (nSPS) is 18.6. The molecule has 1 aliphatic heterocycles. The van der Waals surface area contributed by atoms with Gasteiger partial charge in [-0.3, -0.25) is 9.78 Å². The average Bonchev–Trinajstić information content (AvgIpc) is 2.97. The van der Waals surface area contributed by atoms with Gasteiger partial charge in [0, 0.05) is 24.5 Å². The number of carboxylic acids is 1. The fourth-order valence-electron chi connectivity index (χ4n) is 6.03. The van der Waals surface area contributed by atoms with Crippen molar-refractivity contribution in [3.63, 3.8) is 0 Å². The maximum absolute atomic E-state index is 11.4. The Morgan fingerprint density at radius 2 is 1.92 bits per heavy atom. The summed E-state index contributed by atoms with van der Waals surface area (Å²) in [7, 11) is 3.35. The number of piperidine rings is 1. The number of rotatable bonds is 14. The number of aryl methyl sites for hydroxylation is 1. The van der Waals surface area contributed by atoms with Gasteiger partial charge in [0.05, 0.1) is 25.8 Å². The van der Waals surface area contributed by atoms with Crippen LogP contribution in [0.1, 0.15) is 62.2 Å². The SMILES string of the molecule is COc1ccc2nccc(C(O)CC[C@@H]3CCN(CCCCc4ccccc4OC)C[C@@H]3CCC(=O)O)c2c1. The van der Waals surface area contributed by atoms with E-state index in [1.54, 1.807) is 20.4 Å². The largest absolute Gasteiger partial charge is 0.497 e. The van der Waals surface area contributed by atoms with Crippen molar-refractivity contribution in [2.24, 2.45) is 11.8 Å². The average molecular weight is 535 g/mol. The zero-order chi connectivity index (χ0) is 27.6. The van der Waals surface area contributed by atoms with Crippen molar-refractivity contribution in [2.75, 3.05) is 33.9 Å². The van der Waals surface area contributed by atoms with E-state index in [4.69, 9.17) is 9.47 Å². The molecule has 0 radical (unpaired) electrons. The Morgan fingerprint density at radius 1 is 1.08 bits per heavy atom. The molecule has 1 saturated heterocycles. The van der Waals surface area contributed by atoms with Crippen molar-refractivity contribution in [1.29, 1.82) is 0 Å². The second kappa shape index (κ2) is 14.3. The molecule has 2 aromatic carbocycles. The van der Waals surface area contributed by atoms with Gasteiger partial charge in [-0.25, -0.2) is 0 Å². The number of ether oxygens (including phenoxy) is 2. The van der Waals surface area contributed by atoms with Gasteiger partial charge in [-0.2, -0.15) is 0 Å². The first-order valence-electron chi connectivity index (χ1n) is 14.1. The molecule has 7 nitrogen and oxygen atoms in total. The summed E-state index contributed by atoms with van der Waals surface area (Å²) in [4.78, 5) is 18.3. The van der Waals surface area contributed by atoms with Crippen LogP contribution in [0.25, 0.3) is 10.9 Å². The molecule has 1 aromatic heterocycles. The fraction of sp³-hybridized carbons (Fsp3) is 0.500. The Bertz CT molecular complexity index is 1220. The number of nitrogens with zero attached hydrogens (tertiary/aromatic N) is 2. The first kappa shape index (κ1) is 28.8. The number of aliphatic hydroxyl groups is 1. The van der Waals surface area contributed by atoms with Crippen LogP contribution in [0.15, 0.2) is 54.7 Å². The van der Waals surface area contributed by atoms with Gasteiger partial charge in [-0.05, 0) is 111 Å². The van der Waals surface area contributed by atoms with Crippen LogP contribution < -0.4 is 9.47 Å². The van der Waals surface area contributed by atoms with Gasteiger partial charge in [0.15, 0.2) is 0 Å². The number of methoxy groups -OCH3 is 2. The van der Waals surface area contributed by atoms with Gasteiger partial charge in [0.1, 0.15) is 11.5 Å². The fourth-order valence-corrected chi connectivity index (χ4v) is 6.03. The molecule has 0 aliphatic carbocycles. The van der Waals surface area contributed by atoms with E-state index < -0.39 is 12.1 Å². The third kappa shape index (κ3) is 7.93. The van der Waals surface area contributed by atoms with Crippen LogP contribution in [-0.4, -0.2) is 59.9 Å². The van der Waals surface area contributed by atoms with Crippen LogP contribution in [0, 0.1) is 11.8 Å². The van der Waals surface area contributed by atoms with E-state index in [0.717, 1.165) is 79.7 Å². The van der Waals surface area contributed by atoms with Gasteiger partial charge in [0.25, 0.3) is 0 Å². The molecule has 210 valence electrons. The van der Waals surface area contributed by atoms with Crippen molar-refractivity contribution < 1.29 is 24.5 Å². The summed E-state index contributed by atoms with van der Waals surface area (Å²) in [6.07, 6.45) is 7.77. The van der Waals surface area contributed by atoms with Crippen molar-refractivity contribution >= 4 is 16.9 Å². The lowest BCUT2D eigenvalue weighted by Gasteiger charge is -2.39. The van der Waals surface area contributed by atoms with Crippen molar-refractivity contribution in [2.45, 2.75) is 57.5 Å². The number of hydrogen-bond acceptors (Lipinski definition) is 6. The smallest absolute Gasteiger partial charge is 0.303 e. The van der Waals surface area contributed by atoms with Crippen molar-refractivity contribution in [3.05, 3.63) is 65.9 Å². The Kier molecular flexibility index (Phi) is 10.6.